The van der Waals surface area contributed by atoms with Crippen molar-refractivity contribution in [1.82, 2.24) is 14.2 Å². The second-order valence-corrected chi connectivity index (χ2v) is 11.2. The summed E-state index contributed by atoms with van der Waals surface area (Å²) in [6.07, 6.45) is 5.06. The van der Waals surface area contributed by atoms with Gasteiger partial charge in [0.2, 0.25) is 15.9 Å². The zero-order valence-electron chi connectivity index (χ0n) is 19.7. The highest BCUT2D eigenvalue weighted by Gasteiger charge is 2.41. The van der Waals surface area contributed by atoms with Gasteiger partial charge in [0.1, 0.15) is 11.8 Å². The van der Waals surface area contributed by atoms with Crippen LogP contribution in [0.2, 0.25) is 0 Å². The van der Waals surface area contributed by atoms with E-state index in [1.54, 1.807) is 31.4 Å². The molecule has 1 amide bonds. The average molecular weight is 482 g/mol. The summed E-state index contributed by atoms with van der Waals surface area (Å²) in [6.45, 7) is 3.58. The molecule has 2 saturated heterocycles. The molecule has 3 aromatic rings. The molecule has 2 aliphatic heterocycles. The number of H-pyrrole nitrogens is 1. The molecule has 1 N–H and O–H groups in total. The molecule has 7 nitrogen and oxygen atoms in total. The minimum absolute atomic E-state index is 0.0627. The van der Waals surface area contributed by atoms with Crippen molar-refractivity contribution in [1.29, 1.82) is 0 Å². The Morgan fingerprint density at radius 3 is 2.47 bits per heavy atom. The molecule has 0 aliphatic carbocycles. The number of hydrogen-bond donors (Lipinski definition) is 1. The number of methoxy groups -OCH3 is 1. The Balaban J connectivity index is 1.29. The number of fused-ring (bicyclic) bond motifs is 1. The van der Waals surface area contributed by atoms with E-state index in [1.807, 2.05) is 24.0 Å². The number of piperidine rings is 1. The topological polar surface area (TPSA) is 82.7 Å². The van der Waals surface area contributed by atoms with Crippen molar-refractivity contribution in [3.63, 3.8) is 0 Å². The maximum Gasteiger partial charge on any atom is 0.243 e. The van der Waals surface area contributed by atoms with Gasteiger partial charge in [-0.3, -0.25) is 4.79 Å². The Morgan fingerprint density at radius 2 is 1.76 bits per heavy atom. The predicted octanol–water partition coefficient (Wildman–Crippen LogP) is 4.04. The van der Waals surface area contributed by atoms with Gasteiger partial charge in [-0.25, -0.2) is 8.42 Å². The maximum absolute atomic E-state index is 13.4. The van der Waals surface area contributed by atoms with E-state index in [0.717, 1.165) is 35.1 Å². The Kier molecular flexibility index (Phi) is 6.12. The predicted molar refractivity (Wildman–Crippen MR) is 131 cm³/mol. The first-order chi connectivity index (χ1) is 16.4. The first-order valence-electron chi connectivity index (χ1n) is 11.9. The van der Waals surface area contributed by atoms with Gasteiger partial charge < -0.3 is 14.6 Å². The number of nitrogens with zero attached hydrogens (tertiary/aromatic N) is 2. The van der Waals surface area contributed by atoms with E-state index in [4.69, 9.17) is 4.74 Å². The number of carbonyl (C=O) groups excluding carboxylic acids is 1. The molecule has 0 bridgehead atoms. The quantitative estimate of drug-likeness (QED) is 0.596. The van der Waals surface area contributed by atoms with E-state index >= 15 is 0 Å². The lowest BCUT2D eigenvalue weighted by Gasteiger charge is -2.35. The second-order valence-electron chi connectivity index (χ2n) is 9.34. The highest BCUT2D eigenvalue weighted by molar-refractivity contribution is 7.89. The van der Waals surface area contributed by atoms with Crippen LogP contribution in [0.3, 0.4) is 0 Å². The zero-order chi connectivity index (χ0) is 23.9. The van der Waals surface area contributed by atoms with Crippen LogP contribution in [0.15, 0.2) is 53.6 Å². The fraction of sp³-hybridized carbons (Fsp3) is 0.423. The van der Waals surface area contributed by atoms with Crippen LogP contribution >= 0.6 is 0 Å². The van der Waals surface area contributed by atoms with Crippen LogP contribution in [-0.4, -0.2) is 61.3 Å². The number of amides is 1. The van der Waals surface area contributed by atoms with Crippen molar-refractivity contribution in [2.45, 2.75) is 49.5 Å². The minimum atomic E-state index is -3.70. The number of carbonyl (C=O) groups is 1. The van der Waals surface area contributed by atoms with Crippen molar-refractivity contribution in [2.75, 3.05) is 26.7 Å². The third kappa shape index (κ3) is 4.09. The van der Waals surface area contributed by atoms with Gasteiger partial charge in [0.25, 0.3) is 0 Å². The van der Waals surface area contributed by atoms with Gasteiger partial charge in [-0.15, -0.1) is 0 Å². The molecule has 5 rings (SSSR count). The molecule has 2 aromatic carbocycles. The SMILES string of the molecule is COc1ccc2[nH]cc(C3CCN(C(=O)[C@@H]4CCCN4S(=O)(=O)c4ccc(C)cc4)CC3)c2c1. The molecule has 1 aromatic heterocycles. The standard InChI is InChI=1S/C26H31N3O4S/c1-18-5-8-21(9-6-18)34(31,32)29-13-3-4-25(29)26(30)28-14-11-19(12-15-28)23-17-27-24-10-7-20(33-2)16-22(23)24/h5-10,16-17,19,25,27H,3-4,11-15H2,1-2H3/t25-/m0/s1. The number of nitrogens with one attached hydrogen (secondary N) is 1. The van der Waals surface area contributed by atoms with E-state index in [2.05, 4.69) is 17.2 Å². The largest absolute Gasteiger partial charge is 0.497 e. The second kappa shape index (κ2) is 9.07. The number of sulfonamides is 1. The smallest absolute Gasteiger partial charge is 0.243 e. The van der Waals surface area contributed by atoms with Crippen LogP contribution in [0.4, 0.5) is 0 Å². The number of likely N-dealkylation sites (tertiary alicyclic amines) is 1. The Morgan fingerprint density at radius 1 is 1.03 bits per heavy atom. The van der Waals surface area contributed by atoms with E-state index in [9.17, 15) is 13.2 Å². The summed E-state index contributed by atoms with van der Waals surface area (Å²) in [5.41, 5.74) is 3.34. The lowest BCUT2D eigenvalue weighted by atomic mass is 9.89. The van der Waals surface area contributed by atoms with Crippen molar-refractivity contribution in [3.8, 4) is 5.75 Å². The monoisotopic (exact) mass is 481 g/mol. The summed E-state index contributed by atoms with van der Waals surface area (Å²) in [6, 6.07) is 12.3. The molecule has 2 aliphatic rings. The maximum atomic E-state index is 13.4. The number of aromatic nitrogens is 1. The minimum Gasteiger partial charge on any atom is -0.497 e. The zero-order valence-corrected chi connectivity index (χ0v) is 20.5. The van der Waals surface area contributed by atoms with Gasteiger partial charge >= 0.3 is 0 Å². The van der Waals surface area contributed by atoms with Crippen molar-refractivity contribution >= 4 is 26.8 Å². The average Bonchev–Trinajstić information content (AvgIpc) is 3.51. The number of aryl methyl sites for hydroxylation is 1. The van der Waals surface area contributed by atoms with Crippen molar-refractivity contribution < 1.29 is 17.9 Å². The normalized spacial score (nSPS) is 20.2. The van der Waals surface area contributed by atoms with Gasteiger partial charge in [-0.05, 0) is 74.4 Å². The first-order valence-corrected chi connectivity index (χ1v) is 13.3. The van der Waals surface area contributed by atoms with Crippen molar-refractivity contribution in [3.05, 3.63) is 59.8 Å². The van der Waals surface area contributed by atoms with Crippen LogP contribution in [0, 0.1) is 6.92 Å². The highest BCUT2D eigenvalue weighted by Crippen LogP contribution is 2.36. The summed E-state index contributed by atoms with van der Waals surface area (Å²) >= 11 is 0. The Hall–Kier alpha value is -2.84. The molecule has 0 radical (unpaired) electrons. The van der Waals surface area contributed by atoms with E-state index in [-0.39, 0.29) is 10.8 Å². The number of benzene rings is 2. The summed E-state index contributed by atoms with van der Waals surface area (Å²) in [4.78, 5) is 18.9. The third-order valence-electron chi connectivity index (χ3n) is 7.28. The molecule has 0 saturated carbocycles. The summed E-state index contributed by atoms with van der Waals surface area (Å²) < 4.78 is 33.3. The highest BCUT2D eigenvalue weighted by atomic mass is 32.2. The lowest BCUT2D eigenvalue weighted by Crippen LogP contribution is -2.49. The fourth-order valence-corrected chi connectivity index (χ4v) is 6.98. The van der Waals surface area contributed by atoms with E-state index < -0.39 is 16.1 Å². The molecule has 34 heavy (non-hydrogen) atoms. The van der Waals surface area contributed by atoms with Gasteiger partial charge in [0.05, 0.1) is 12.0 Å². The molecule has 180 valence electrons. The molecular formula is C26H31N3O4S. The van der Waals surface area contributed by atoms with Gasteiger partial charge in [0, 0.05) is 36.7 Å². The molecular weight excluding hydrogens is 450 g/mol. The van der Waals surface area contributed by atoms with Gasteiger partial charge in [0.15, 0.2) is 0 Å². The molecule has 3 heterocycles. The number of aromatic amines is 1. The Labute approximate surface area is 200 Å². The van der Waals surface area contributed by atoms with E-state index in [0.29, 0.717) is 38.4 Å². The number of rotatable bonds is 5. The molecule has 0 unspecified atom stereocenters. The third-order valence-corrected chi connectivity index (χ3v) is 9.21. The summed E-state index contributed by atoms with van der Waals surface area (Å²) in [5.74, 6) is 1.12. The summed E-state index contributed by atoms with van der Waals surface area (Å²) in [5, 5.41) is 1.16. The van der Waals surface area contributed by atoms with Crippen LogP contribution < -0.4 is 4.74 Å². The Bertz CT molecular complexity index is 1290. The van der Waals surface area contributed by atoms with Crippen LogP contribution in [0.5, 0.6) is 5.75 Å². The van der Waals surface area contributed by atoms with Crippen LogP contribution in [0.1, 0.15) is 42.7 Å². The molecule has 1 atom stereocenters. The fourth-order valence-electron chi connectivity index (χ4n) is 5.33. The number of ether oxygens (including phenoxy) is 1. The summed E-state index contributed by atoms with van der Waals surface area (Å²) in [7, 11) is -2.03. The van der Waals surface area contributed by atoms with Gasteiger partial charge in [-0.2, -0.15) is 4.31 Å². The van der Waals surface area contributed by atoms with Crippen LogP contribution in [0.25, 0.3) is 10.9 Å². The van der Waals surface area contributed by atoms with Gasteiger partial charge in [-0.1, -0.05) is 17.7 Å². The van der Waals surface area contributed by atoms with Crippen molar-refractivity contribution in [2.24, 2.45) is 0 Å². The van der Waals surface area contributed by atoms with E-state index in [1.165, 1.54) is 9.87 Å². The molecule has 2 fully saturated rings. The first kappa shape index (κ1) is 22.9. The lowest BCUT2D eigenvalue weighted by molar-refractivity contribution is -0.135. The number of hydrogen-bond acceptors (Lipinski definition) is 4. The van der Waals surface area contributed by atoms with Crippen LogP contribution in [-0.2, 0) is 14.8 Å². The molecule has 8 heteroatoms. The molecule has 0 spiro atoms.